The standard InChI is InChI=1S/C15H18FN.C2H6/c1-11-9-14(7-8-15(11)16)12(2)17-10-13-5-3-4-6-13;1-2/h7-10,13H,2-6H2,1H3;1-2H3. The second-order valence-corrected chi connectivity index (χ2v) is 4.73. The quantitative estimate of drug-likeness (QED) is 0.647. The SMILES string of the molecule is C=C(N=CC1CCCC1)c1ccc(F)c(C)c1.CC. The summed E-state index contributed by atoms with van der Waals surface area (Å²) in [5, 5.41) is 0. The molecule has 0 spiro atoms. The van der Waals surface area contributed by atoms with Crippen LogP contribution in [-0.4, -0.2) is 6.21 Å². The molecular weight excluding hydrogens is 237 g/mol. The van der Waals surface area contributed by atoms with Gasteiger partial charge in [0.25, 0.3) is 0 Å². The maximum atomic E-state index is 13.1. The van der Waals surface area contributed by atoms with Crippen molar-refractivity contribution in [3.8, 4) is 0 Å². The molecule has 0 heterocycles. The van der Waals surface area contributed by atoms with Crippen LogP contribution in [-0.2, 0) is 0 Å². The topological polar surface area (TPSA) is 12.4 Å². The first kappa shape index (κ1) is 15.6. The molecule has 1 saturated carbocycles. The number of halogens is 1. The van der Waals surface area contributed by atoms with Crippen LogP contribution in [0.25, 0.3) is 5.70 Å². The minimum Gasteiger partial charge on any atom is -0.261 e. The van der Waals surface area contributed by atoms with Crippen molar-refractivity contribution in [2.75, 3.05) is 0 Å². The van der Waals surface area contributed by atoms with E-state index >= 15 is 0 Å². The number of hydrogen-bond acceptors (Lipinski definition) is 1. The average molecular weight is 261 g/mol. The number of aliphatic imine (C=N–C) groups is 1. The molecule has 0 saturated heterocycles. The molecule has 1 aliphatic carbocycles. The van der Waals surface area contributed by atoms with E-state index in [4.69, 9.17) is 0 Å². The van der Waals surface area contributed by atoms with Gasteiger partial charge in [0.15, 0.2) is 0 Å². The van der Waals surface area contributed by atoms with Crippen molar-refractivity contribution < 1.29 is 4.39 Å². The Morgan fingerprint density at radius 1 is 1.32 bits per heavy atom. The highest BCUT2D eigenvalue weighted by molar-refractivity contribution is 5.74. The lowest BCUT2D eigenvalue weighted by atomic mass is 10.1. The Bertz CT molecular complexity index is 443. The first-order chi connectivity index (χ1) is 9.16. The number of benzene rings is 1. The Morgan fingerprint density at radius 3 is 2.53 bits per heavy atom. The summed E-state index contributed by atoms with van der Waals surface area (Å²) in [4.78, 5) is 4.41. The number of hydrogen-bond donors (Lipinski definition) is 0. The lowest BCUT2D eigenvalue weighted by Gasteiger charge is -2.04. The van der Waals surface area contributed by atoms with Crippen LogP contribution >= 0.6 is 0 Å². The van der Waals surface area contributed by atoms with E-state index in [9.17, 15) is 4.39 Å². The zero-order valence-electron chi connectivity index (χ0n) is 12.2. The largest absolute Gasteiger partial charge is 0.261 e. The molecular formula is C17H24FN. The smallest absolute Gasteiger partial charge is 0.126 e. The van der Waals surface area contributed by atoms with Gasteiger partial charge < -0.3 is 0 Å². The molecule has 0 bridgehead atoms. The Kier molecular flexibility index (Phi) is 6.48. The summed E-state index contributed by atoms with van der Waals surface area (Å²) in [6.07, 6.45) is 7.09. The molecule has 19 heavy (non-hydrogen) atoms. The zero-order chi connectivity index (χ0) is 14.3. The van der Waals surface area contributed by atoms with Gasteiger partial charge in [0.1, 0.15) is 5.82 Å². The van der Waals surface area contributed by atoms with Gasteiger partial charge in [-0.3, -0.25) is 4.99 Å². The van der Waals surface area contributed by atoms with Crippen LogP contribution in [0.1, 0.15) is 50.7 Å². The first-order valence-electron chi connectivity index (χ1n) is 7.16. The summed E-state index contributed by atoms with van der Waals surface area (Å²) in [5.74, 6) is 0.426. The van der Waals surface area contributed by atoms with Gasteiger partial charge in [0.2, 0.25) is 0 Å². The highest BCUT2D eigenvalue weighted by Gasteiger charge is 2.12. The fraction of sp³-hybridized carbons (Fsp3) is 0.471. The zero-order valence-corrected chi connectivity index (χ0v) is 12.2. The van der Waals surface area contributed by atoms with Gasteiger partial charge in [-0.05, 0) is 55.0 Å². The van der Waals surface area contributed by atoms with Crippen LogP contribution in [0.15, 0.2) is 29.8 Å². The molecule has 1 nitrogen and oxygen atoms in total. The van der Waals surface area contributed by atoms with E-state index in [0.717, 1.165) is 11.3 Å². The van der Waals surface area contributed by atoms with Crippen LogP contribution < -0.4 is 0 Å². The molecule has 0 atom stereocenters. The third kappa shape index (κ3) is 4.62. The second-order valence-electron chi connectivity index (χ2n) is 4.73. The molecule has 0 amide bonds. The minimum atomic E-state index is -0.179. The molecule has 1 aromatic carbocycles. The fourth-order valence-electron chi connectivity index (χ4n) is 2.20. The van der Waals surface area contributed by atoms with E-state index in [1.807, 2.05) is 20.1 Å². The van der Waals surface area contributed by atoms with Gasteiger partial charge in [0.05, 0.1) is 5.70 Å². The van der Waals surface area contributed by atoms with Crippen molar-refractivity contribution in [3.05, 3.63) is 41.7 Å². The Balaban J connectivity index is 0.000000861. The molecule has 104 valence electrons. The van der Waals surface area contributed by atoms with Crippen molar-refractivity contribution in [1.29, 1.82) is 0 Å². The number of aryl methyl sites for hydroxylation is 1. The van der Waals surface area contributed by atoms with E-state index < -0.39 is 0 Å². The van der Waals surface area contributed by atoms with Crippen LogP contribution in [0.5, 0.6) is 0 Å². The fourth-order valence-corrected chi connectivity index (χ4v) is 2.20. The Morgan fingerprint density at radius 2 is 1.95 bits per heavy atom. The predicted octanol–water partition coefficient (Wildman–Crippen LogP) is 5.39. The molecule has 1 fully saturated rings. The van der Waals surface area contributed by atoms with Gasteiger partial charge in [-0.15, -0.1) is 0 Å². The Labute approximate surface area is 116 Å². The lowest BCUT2D eigenvalue weighted by Crippen LogP contribution is -1.94. The molecule has 0 aliphatic heterocycles. The predicted molar refractivity (Wildman–Crippen MR) is 82.0 cm³/mol. The maximum absolute atomic E-state index is 13.1. The third-order valence-electron chi connectivity index (χ3n) is 3.33. The molecule has 2 rings (SSSR count). The molecule has 1 aromatic rings. The van der Waals surface area contributed by atoms with Gasteiger partial charge in [0, 0.05) is 6.21 Å². The van der Waals surface area contributed by atoms with E-state index in [1.165, 1.54) is 31.7 Å². The lowest BCUT2D eigenvalue weighted by molar-refractivity contribution is 0.618. The maximum Gasteiger partial charge on any atom is 0.126 e. The summed E-state index contributed by atoms with van der Waals surface area (Å²) in [6, 6.07) is 5.00. The van der Waals surface area contributed by atoms with Crippen molar-refractivity contribution in [2.45, 2.75) is 46.5 Å². The Hall–Kier alpha value is -1.44. The van der Waals surface area contributed by atoms with Gasteiger partial charge in [-0.1, -0.05) is 33.3 Å². The highest BCUT2D eigenvalue weighted by Crippen LogP contribution is 2.24. The number of rotatable bonds is 3. The highest BCUT2D eigenvalue weighted by atomic mass is 19.1. The van der Waals surface area contributed by atoms with Gasteiger partial charge >= 0.3 is 0 Å². The summed E-state index contributed by atoms with van der Waals surface area (Å²) >= 11 is 0. The van der Waals surface area contributed by atoms with Gasteiger partial charge in [-0.25, -0.2) is 4.39 Å². The first-order valence-corrected chi connectivity index (χ1v) is 7.16. The van der Waals surface area contributed by atoms with Crippen LogP contribution in [0, 0.1) is 18.7 Å². The van der Waals surface area contributed by atoms with E-state index in [0.29, 0.717) is 11.5 Å². The average Bonchev–Trinajstić information content (AvgIpc) is 2.94. The minimum absolute atomic E-state index is 0.179. The molecule has 0 N–H and O–H groups in total. The molecule has 0 radical (unpaired) electrons. The van der Waals surface area contributed by atoms with E-state index in [1.54, 1.807) is 19.1 Å². The molecule has 0 aromatic heterocycles. The van der Waals surface area contributed by atoms with E-state index in [-0.39, 0.29) is 5.82 Å². The molecule has 2 heteroatoms. The van der Waals surface area contributed by atoms with Crippen molar-refractivity contribution in [2.24, 2.45) is 10.9 Å². The summed E-state index contributed by atoms with van der Waals surface area (Å²) in [7, 11) is 0. The third-order valence-corrected chi connectivity index (χ3v) is 3.33. The van der Waals surface area contributed by atoms with Crippen molar-refractivity contribution in [1.82, 2.24) is 0 Å². The summed E-state index contributed by atoms with van der Waals surface area (Å²) < 4.78 is 13.1. The van der Waals surface area contributed by atoms with Crippen LogP contribution in [0.3, 0.4) is 0 Å². The van der Waals surface area contributed by atoms with E-state index in [2.05, 4.69) is 11.6 Å². The normalized spacial score (nSPS) is 15.4. The van der Waals surface area contributed by atoms with Crippen LogP contribution in [0.4, 0.5) is 4.39 Å². The van der Waals surface area contributed by atoms with Crippen molar-refractivity contribution in [3.63, 3.8) is 0 Å². The number of nitrogens with zero attached hydrogens (tertiary/aromatic N) is 1. The summed E-state index contributed by atoms with van der Waals surface area (Å²) in [5.41, 5.74) is 2.26. The van der Waals surface area contributed by atoms with Gasteiger partial charge in [-0.2, -0.15) is 0 Å². The molecule has 1 aliphatic rings. The van der Waals surface area contributed by atoms with Crippen molar-refractivity contribution >= 4 is 11.9 Å². The molecule has 0 unspecified atom stereocenters. The monoisotopic (exact) mass is 261 g/mol. The second kappa shape index (κ2) is 7.88. The van der Waals surface area contributed by atoms with Crippen LogP contribution in [0.2, 0.25) is 0 Å². The summed E-state index contributed by atoms with van der Waals surface area (Å²) in [6.45, 7) is 9.69.